The van der Waals surface area contributed by atoms with Crippen LogP contribution in [0.25, 0.3) is 0 Å². The third-order valence-corrected chi connectivity index (χ3v) is 5.68. The van der Waals surface area contributed by atoms with Crippen LogP contribution in [-0.4, -0.2) is 54.4 Å². The van der Waals surface area contributed by atoms with E-state index >= 15 is 0 Å². The van der Waals surface area contributed by atoms with Crippen molar-refractivity contribution in [2.24, 2.45) is 0 Å². The Morgan fingerprint density at radius 1 is 1.00 bits per heavy atom. The summed E-state index contributed by atoms with van der Waals surface area (Å²) in [5, 5.41) is 0. The lowest BCUT2D eigenvalue weighted by Gasteiger charge is -2.33. The van der Waals surface area contributed by atoms with E-state index in [0.717, 1.165) is 37.4 Å². The monoisotopic (exact) mass is 398 g/mol. The lowest BCUT2D eigenvalue weighted by molar-refractivity contribution is 0.122. The number of nitrogens with zero attached hydrogens (tertiary/aromatic N) is 5. The van der Waals surface area contributed by atoms with Gasteiger partial charge in [0.1, 0.15) is 5.75 Å². The van der Waals surface area contributed by atoms with E-state index in [1.54, 1.807) is 7.11 Å². The molecule has 0 atom stereocenters. The van der Waals surface area contributed by atoms with Gasteiger partial charge in [0.2, 0.25) is 17.8 Å². The zero-order valence-electron chi connectivity index (χ0n) is 17.1. The van der Waals surface area contributed by atoms with E-state index in [9.17, 15) is 0 Å². The molecule has 0 amide bonds. The topological polar surface area (TPSA) is 89.6 Å². The van der Waals surface area contributed by atoms with Crippen LogP contribution in [0.2, 0.25) is 0 Å². The Balaban J connectivity index is 1.72. The van der Waals surface area contributed by atoms with Gasteiger partial charge in [0.25, 0.3) is 0 Å². The van der Waals surface area contributed by atoms with E-state index in [1.807, 2.05) is 12.1 Å². The molecule has 1 aliphatic carbocycles. The third kappa shape index (κ3) is 4.70. The van der Waals surface area contributed by atoms with Gasteiger partial charge in [0, 0.05) is 24.8 Å². The third-order valence-electron chi connectivity index (χ3n) is 5.68. The van der Waals surface area contributed by atoms with Gasteiger partial charge in [-0.05, 0) is 37.1 Å². The van der Waals surface area contributed by atoms with Crippen molar-refractivity contribution in [3.8, 4) is 5.75 Å². The number of morpholine rings is 1. The van der Waals surface area contributed by atoms with Crippen LogP contribution in [0.4, 0.5) is 23.5 Å². The zero-order valence-corrected chi connectivity index (χ0v) is 17.1. The Bertz CT molecular complexity index is 786. The largest absolute Gasteiger partial charge is 0.497 e. The Kier molecular flexibility index (Phi) is 6.29. The SMILES string of the molecule is COc1ccc(N(c2nc(N)nc(N3CCOCC3)n2)C2CCCCCC2)cc1. The maximum Gasteiger partial charge on any atom is 0.236 e. The van der Waals surface area contributed by atoms with Crippen LogP contribution >= 0.6 is 0 Å². The molecule has 2 aliphatic rings. The highest BCUT2D eigenvalue weighted by atomic mass is 16.5. The molecular weight excluding hydrogens is 368 g/mol. The van der Waals surface area contributed by atoms with Gasteiger partial charge in [-0.25, -0.2) is 0 Å². The van der Waals surface area contributed by atoms with Gasteiger partial charge in [0.15, 0.2) is 0 Å². The van der Waals surface area contributed by atoms with E-state index in [0.29, 0.717) is 31.2 Å². The maximum absolute atomic E-state index is 6.12. The summed E-state index contributed by atoms with van der Waals surface area (Å²) < 4.78 is 10.8. The van der Waals surface area contributed by atoms with E-state index in [1.165, 1.54) is 25.7 Å². The summed E-state index contributed by atoms with van der Waals surface area (Å²) in [5.74, 6) is 2.33. The molecule has 2 fully saturated rings. The van der Waals surface area contributed by atoms with Crippen molar-refractivity contribution < 1.29 is 9.47 Å². The second-order valence-corrected chi connectivity index (χ2v) is 7.61. The molecule has 1 saturated heterocycles. The smallest absolute Gasteiger partial charge is 0.236 e. The molecule has 0 spiro atoms. The summed E-state index contributed by atoms with van der Waals surface area (Å²) in [5.41, 5.74) is 7.17. The number of rotatable bonds is 5. The standard InChI is InChI=1S/C21H30N6O2/c1-28-18-10-8-17(9-11-18)27(16-6-4-2-3-5-7-16)21-24-19(22)23-20(25-21)26-12-14-29-15-13-26/h8-11,16H,2-7,12-15H2,1H3,(H2,22,23,24,25). The molecule has 0 unspecified atom stereocenters. The number of anilines is 4. The van der Waals surface area contributed by atoms with Crippen LogP contribution in [0, 0.1) is 0 Å². The molecule has 1 saturated carbocycles. The number of hydrogen-bond donors (Lipinski definition) is 1. The van der Waals surface area contributed by atoms with Gasteiger partial charge < -0.3 is 25.0 Å². The van der Waals surface area contributed by atoms with Crippen molar-refractivity contribution in [2.45, 2.75) is 44.6 Å². The van der Waals surface area contributed by atoms with Crippen molar-refractivity contribution in [3.05, 3.63) is 24.3 Å². The van der Waals surface area contributed by atoms with Crippen molar-refractivity contribution in [3.63, 3.8) is 0 Å². The van der Waals surface area contributed by atoms with Gasteiger partial charge in [0.05, 0.1) is 20.3 Å². The first kappa shape index (κ1) is 19.7. The van der Waals surface area contributed by atoms with Crippen LogP contribution in [-0.2, 0) is 4.74 Å². The molecule has 8 heteroatoms. The number of nitrogen functional groups attached to an aromatic ring is 1. The number of nitrogens with two attached hydrogens (primary N) is 1. The van der Waals surface area contributed by atoms with Gasteiger partial charge in [-0.2, -0.15) is 15.0 Å². The molecule has 1 aromatic heterocycles. The van der Waals surface area contributed by atoms with Crippen LogP contribution in [0.1, 0.15) is 38.5 Å². The molecule has 8 nitrogen and oxygen atoms in total. The van der Waals surface area contributed by atoms with Gasteiger partial charge in [-0.15, -0.1) is 0 Å². The summed E-state index contributed by atoms with van der Waals surface area (Å²) in [4.78, 5) is 18.2. The zero-order chi connectivity index (χ0) is 20.1. The highest BCUT2D eigenvalue weighted by Gasteiger charge is 2.26. The fraction of sp³-hybridized carbons (Fsp3) is 0.571. The Morgan fingerprint density at radius 3 is 2.34 bits per heavy atom. The lowest BCUT2D eigenvalue weighted by Crippen LogP contribution is -2.38. The van der Waals surface area contributed by atoms with Crippen LogP contribution in [0.15, 0.2) is 24.3 Å². The second kappa shape index (κ2) is 9.26. The summed E-state index contributed by atoms with van der Waals surface area (Å²) in [6.07, 6.45) is 7.23. The minimum absolute atomic E-state index is 0.253. The van der Waals surface area contributed by atoms with Gasteiger partial charge >= 0.3 is 0 Å². The summed E-state index contributed by atoms with van der Waals surface area (Å²) in [6, 6.07) is 8.43. The molecule has 0 bridgehead atoms. The number of methoxy groups -OCH3 is 1. The summed E-state index contributed by atoms with van der Waals surface area (Å²) in [7, 11) is 1.68. The van der Waals surface area contributed by atoms with E-state index < -0.39 is 0 Å². The predicted molar refractivity (Wildman–Crippen MR) is 114 cm³/mol. The summed E-state index contributed by atoms with van der Waals surface area (Å²) in [6.45, 7) is 2.86. The minimum atomic E-state index is 0.253. The highest BCUT2D eigenvalue weighted by Crippen LogP contribution is 2.33. The van der Waals surface area contributed by atoms with E-state index in [2.05, 4.69) is 31.9 Å². The highest BCUT2D eigenvalue weighted by molar-refractivity contribution is 5.61. The fourth-order valence-electron chi connectivity index (χ4n) is 4.13. The number of benzene rings is 1. The molecule has 1 aromatic carbocycles. The molecule has 0 radical (unpaired) electrons. The molecule has 4 rings (SSSR count). The van der Waals surface area contributed by atoms with Crippen molar-refractivity contribution in [1.82, 2.24) is 15.0 Å². The van der Waals surface area contributed by atoms with Crippen molar-refractivity contribution in [2.75, 3.05) is 48.9 Å². The quantitative estimate of drug-likeness (QED) is 0.768. The molecule has 2 heterocycles. The average Bonchev–Trinajstić information content (AvgIpc) is 3.04. The Labute approximate surface area is 172 Å². The van der Waals surface area contributed by atoms with Gasteiger partial charge in [-0.3, -0.25) is 0 Å². The normalized spacial score (nSPS) is 18.3. The fourth-order valence-corrected chi connectivity index (χ4v) is 4.13. The molecule has 1 aliphatic heterocycles. The van der Waals surface area contributed by atoms with Crippen LogP contribution < -0.4 is 20.3 Å². The van der Waals surface area contributed by atoms with E-state index in [-0.39, 0.29) is 5.95 Å². The first-order valence-electron chi connectivity index (χ1n) is 10.5. The molecular formula is C21H30N6O2. The average molecular weight is 399 g/mol. The molecule has 2 N–H and O–H groups in total. The maximum atomic E-state index is 6.12. The Hall–Kier alpha value is -2.61. The Morgan fingerprint density at radius 2 is 1.69 bits per heavy atom. The van der Waals surface area contributed by atoms with Crippen LogP contribution in [0.5, 0.6) is 5.75 Å². The number of aromatic nitrogens is 3. The lowest BCUT2D eigenvalue weighted by atomic mass is 10.1. The number of hydrogen-bond acceptors (Lipinski definition) is 8. The first-order chi connectivity index (χ1) is 14.2. The second-order valence-electron chi connectivity index (χ2n) is 7.61. The molecule has 156 valence electrons. The predicted octanol–water partition coefficient (Wildman–Crippen LogP) is 3.16. The van der Waals surface area contributed by atoms with E-state index in [4.69, 9.17) is 20.2 Å². The number of ether oxygens (including phenoxy) is 2. The van der Waals surface area contributed by atoms with Gasteiger partial charge in [-0.1, -0.05) is 25.7 Å². The molecule has 29 heavy (non-hydrogen) atoms. The minimum Gasteiger partial charge on any atom is -0.497 e. The molecule has 2 aromatic rings. The first-order valence-corrected chi connectivity index (χ1v) is 10.5. The van der Waals surface area contributed by atoms with Crippen molar-refractivity contribution in [1.29, 1.82) is 0 Å². The summed E-state index contributed by atoms with van der Waals surface area (Å²) >= 11 is 0. The van der Waals surface area contributed by atoms with Crippen LogP contribution in [0.3, 0.4) is 0 Å². The van der Waals surface area contributed by atoms with Crippen molar-refractivity contribution >= 4 is 23.5 Å².